The first-order chi connectivity index (χ1) is 8.81. The number of rotatable bonds is 5. The minimum Gasteiger partial charge on any atom is -0.497 e. The molecule has 0 radical (unpaired) electrons. The average Bonchev–Trinajstić information content (AvgIpc) is 2.40. The maximum absolute atomic E-state index is 5.19. The molecule has 0 bridgehead atoms. The van der Waals surface area contributed by atoms with Crippen molar-refractivity contribution < 1.29 is 4.74 Å². The van der Waals surface area contributed by atoms with E-state index in [1.807, 2.05) is 0 Å². The average molecular weight is 247 g/mol. The highest BCUT2D eigenvalue weighted by Gasteiger charge is 2.18. The smallest absolute Gasteiger partial charge is 0.118 e. The highest BCUT2D eigenvalue weighted by molar-refractivity contribution is 5.27. The predicted octanol–water partition coefficient (Wildman–Crippen LogP) is 3.71. The lowest BCUT2D eigenvalue weighted by molar-refractivity contribution is 0.161. The van der Waals surface area contributed by atoms with Crippen LogP contribution in [0.5, 0.6) is 5.75 Å². The van der Waals surface area contributed by atoms with E-state index in [9.17, 15) is 0 Å². The first-order valence-electron chi connectivity index (χ1n) is 7.17. The number of ether oxygens (including phenoxy) is 1. The van der Waals surface area contributed by atoms with Crippen molar-refractivity contribution in [2.24, 2.45) is 5.92 Å². The van der Waals surface area contributed by atoms with E-state index in [0.717, 1.165) is 18.2 Å². The molecule has 0 N–H and O–H groups in total. The quantitative estimate of drug-likeness (QED) is 0.786. The summed E-state index contributed by atoms with van der Waals surface area (Å²) < 4.78 is 5.19. The number of piperidine rings is 1. The maximum atomic E-state index is 5.19. The zero-order valence-corrected chi connectivity index (χ0v) is 11.7. The second-order valence-electron chi connectivity index (χ2n) is 5.38. The number of hydrogen-bond acceptors (Lipinski definition) is 2. The summed E-state index contributed by atoms with van der Waals surface area (Å²) in [7, 11) is 1.72. The molecular weight excluding hydrogens is 222 g/mol. The molecule has 1 unspecified atom stereocenters. The van der Waals surface area contributed by atoms with Crippen LogP contribution in [0, 0.1) is 5.92 Å². The van der Waals surface area contributed by atoms with Crippen LogP contribution in [0.25, 0.3) is 0 Å². The van der Waals surface area contributed by atoms with Crippen molar-refractivity contribution in [3.63, 3.8) is 0 Å². The summed E-state index contributed by atoms with van der Waals surface area (Å²) >= 11 is 0. The van der Waals surface area contributed by atoms with Crippen molar-refractivity contribution in [2.45, 2.75) is 39.2 Å². The molecule has 0 aliphatic carbocycles. The molecular formula is C16H25NO. The Morgan fingerprint density at radius 1 is 1.28 bits per heavy atom. The normalized spacial score (nSPS) is 20.9. The van der Waals surface area contributed by atoms with Crippen molar-refractivity contribution in [3.05, 3.63) is 29.8 Å². The van der Waals surface area contributed by atoms with E-state index in [0.29, 0.717) is 0 Å². The SMILES string of the molecule is CCCC1CCCN(Cc2ccc(OC)cc2)C1. The Bertz CT molecular complexity index is 345. The van der Waals surface area contributed by atoms with Crippen LogP contribution in [0.15, 0.2) is 24.3 Å². The van der Waals surface area contributed by atoms with Crippen LogP contribution >= 0.6 is 0 Å². The van der Waals surface area contributed by atoms with Crippen LogP contribution in [0.1, 0.15) is 38.2 Å². The van der Waals surface area contributed by atoms with E-state index in [4.69, 9.17) is 4.74 Å². The van der Waals surface area contributed by atoms with Gasteiger partial charge in [0, 0.05) is 13.1 Å². The second kappa shape index (κ2) is 6.79. The van der Waals surface area contributed by atoms with E-state index in [2.05, 4.69) is 36.1 Å². The number of methoxy groups -OCH3 is 1. The molecule has 1 atom stereocenters. The van der Waals surface area contributed by atoms with Crippen molar-refractivity contribution >= 4 is 0 Å². The first kappa shape index (κ1) is 13.4. The van der Waals surface area contributed by atoms with Gasteiger partial charge in [-0.05, 0) is 49.4 Å². The Balaban J connectivity index is 1.87. The van der Waals surface area contributed by atoms with Crippen molar-refractivity contribution in [1.29, 1.82) is 0 Å². The molecule has 1 aliphatic heterocycles. The Hall–Kier alpha value is -1.02. The summed E-state index contributed by atoms with van der Waals surface area (Å²) in [5.41, 5.74) is 1.40. The molecule has 0 amide bonds. The van der Waals surface area contributed by atoms with Gasteiger partial charge in [0.15, 0.2) is 0 Å². The fourth-order valence-corrected chi connectivity index (χ4v) is 2.93. The van der Waals surface area contributed by atoms with Gasteiger partial charge in [-0.25, -0.2) is 0 Å². The summed E-state index contributed by atoms with van der Waals surface area (Å²) in [6.45, 7) is 5.92. The molecule has 2 rings (SSSR count). The van der Waals surface area contributed by atoms with Crippen molar-refractivity contribution in [3.8, 4) is 5.75 Å². The van der Waals surface area contributed by atoms with E-state index in [1.165, 1.54) is 44.3 Å². The van der Waals surface area contributed by atoms with Gasteiger partial charge in [0.25, 0.3) is 0 Å². The Kier molecular flexibility index (Phi) is 5.06. The van der Waals surface area contributed by atoms with Gasteiger partial charge in [-0.15, -0.1) is 0 Å². The van der Waals surface area contributed by atoms with Gasteiger partial charge in [-0.1, -0.05) is 25.5 Å². The number of likely N-dealkylation sites (tertiary alicyclic amines) is 1. The van der Waals surface area contributed by atoms with Crippen molar-refractivity contribution in [1.82, 2.24) is 4.90 Å². The lowest BCUT2D eigenvalue weighted by atomic mass is 9.93. The Labute approximate surface area is 111 Å². The van der Waals surface area contributed by atoms with Gasteiger partial charge in [-0.2, -0.15) is 0 Å². The number of nitrogens with zero attached hydrogens (tertiary/aromatic N) is 1. The molecule has 18 heavy (non-hydrogen) atoms. The van der Waals surface area contributed by atoms with Crippen LogP contribution in [0.3, 0.4) is 0 Å². The van der Waals surface area contributed by atoms with Crippen LogP contribution in [-0.2, 0) is 6.54 Å². The fraction of sp³-hybridized carbons (Fsp3) is 0.625. The summed E-state index contributed by atoms with van der Waals surface area (Å²) in [4.78, 5) is 2.60. The molecule has 0 aromatic heterocycles. The highest BCUT2D eigenvalue weighted by Crippen LogP contribution is 2.22. The maximum Gasteiger partial charge on any atom is 0.118 e. The van der Waals surface area contributed by atoms with E-state index in [-0.39, 0.29) is 0 Å². The van der Waals surface area contributed by atoms with Crippen molar-refractivity contribution in [2.75, 3.05) is 20.2 Å². The third kappa shape index (κ3) is 3.74. The molecule has 2 heteroatoms. The lowest BCUT2D eigenvalue weighted by Gasteiger charge is -2.32. The van der Waals surface area contributed by atoms with Crippen LogP contribution in [0.2, 0.25) is 0 Å². The van der Waals surface area contributed by atoms with Gasteiger partial charge >= 0.3 is 0 Å². The molecule has 100 valence electrons. The number of hydrogen-bond donors (Lipinski definition) is 0. The van der Waals surface area contributed by atoms with Gasteiger partial charge in [-0.3, -0.25) is 4.90 Å². The summed E-state index contributed by atoms with van der Waals surface area (Å²) in [5.74, 6) is 1.86. The topological polar surface area (TPSA) is 12.5 Å². The Morgan fingerprint density at radius 3 is 2.72 bits per heavy atom. The van der Waals surface area contributed by atoms with Gasteiger partial charge in [0.2, 0.25) is 0 Å². The van der Waals surface area contributed by atoms with Crippen LogP contribution in [-0.4, -0.2) is 25.1 Å². The molecule has 1 fully saturated rings. The molecule has 2 nitrogen and oxygen atoms in total. The van der Waals surface area contributed by atoms with E-state index >= 15 is 0 Å². The molecule has 1 saturated heterocycles. The largest absolute Gasteiger partial charge is 0.497 e. The minimum atomic E-state index is 0.919. The van der Waals surface area contributed by atoms with E-state index in [1.54, 1.807) is 7.11 Å². The van der Waals surface area contributed by atoms with E-state index < -0.39 is 0 Å². The Morgan fingerprint density at radius 2 is 2.06 bits per heavy atom. The summed E-state index contributed by atoms with van der Waals surface area (Å²) in [6, 6.07) is 8.48. The van der Waals surface area contributed by atoms with Gasteiger partial charge in [0.1, 0.15) is 5.75 Å². The summed E-state index contributed by atoms with van der Waals surface area (Å²) in [5, 5.41) is 0. The minimum absolute atomic E-state index is 0.919. The molecule has 1 aromatic carbocycles. The monoisotopic (exact) mass is 247 g/mol. The van der Waals surface area contributed by atoms with Gasteiger partial charge < -0.3 is 4.74 Å². The second-order valence-corrected chi connectivity index (χ2v) is 5.38. The third-order valence-electron chi connectivity index (χ3n) is 3.87. The molecule has 1 aliphatic rings. The van der Waals surface area contributed by atoms with Crippen LogP contribution in [0.4, 0.5) is 0 Å². The standard InChI is InChI=1S/C16H25NO/c1-3-5-14-6-4-11-17(12-14)13-15-7-9-16(18-2)10-8-15/h7-10,14H,3-6,11-13H2,1-2H3. The third-order valence-corrected chi connectivity index (χ3v) is 3.87. The zero-order valence-electron chi connectivity index (χ0n) is 11.7. The molecule has 0 saturated carbocycles. The first-order valence-corrected chi connectivity index (χ1v) is 7.17. The lowest BCUT2D eigenvalue weighted by Crippen LogP contribution is -2.34. The van der Waals surface area contributed by atoms with Crippen LogP contribution < -0.4 is 4.74 Å². The highest BCUT2D eigenvalue weighted by atomic mass is 16.5. The zero-order chi connectivity index (χ0) is 12.8. The molecule has 0 spiro atoms. The predicted molar refractivity (Wildman–Crippen MR) is 75.9 cm³/mol. The number of benzene rings is 1. The molecule has 1 heterocycles. The molecule has 1 aromatic rings. The summed E-state index contributed by atoms with van der Waals surface area (Å²) in [6.07, 6.45) is 5.49. The fourth-order valence-electron chi connectivity index (χ4n) is 2.93. The van der Waals surface area contributed by atoms with Gasteiger partial charge in [0.05, 0.1) is 7.11 Å².